The third kappa shape index (κ3) is 2.57. The van der Waals surface area contributed by atoms with Gasteiger partial charge < -0.3 is 5.73 Å². The van der Waals surface area contributed by atoms with Gasteiger partial charge in [-0.1, -0.05) is 0 Å². The van der Waals surface area contributed by atoms with Crippen molar-refractivity contribution in [3.8, 4) is 0 Å². The second-order valence-electron chi connectivity index (χ2n) is 3.43. The predicted octanol–water partition coefficient (Wildman–Crippen LogP) is 2.14. The van der Waals surface area contributed by atoms with Gasteiger partial charge in [0.15, 0.2) is 11.3 Å². The van der Waals surface area contributed by atoms with E-state index in [-0.39, 0.29) is 6.42 Å². The number of alkyl halides is 3. The first-order chi connectivity index (χ1) is 6.75. The fourth-order valence-electron chi connectivity index (χ4n) is 0.920. The molecule has 1 rings (SSSR count). The highest BCUT2D eigenvalue weighted by Gasteiger charge is 2.53. The van der Waals surface area contributed by atoms with Gasteiger partial charge in [0.25, 0.3) is 0 Å². The summed E-state index contributed by atoms with van der Waals surface area (Å²) in [5.74, 6) is -1.02. The smallest absolute Gasteiger partial charge is 0.312 e. The molecule has 0 aliphatic carbocycles. The number of hydrogen-bond acceptors (Lipinski definition) is 3. The van der Waals surface area contributed by atoms with Crippen molar-refractivity contribution in [2.45, 2.75) is 25.1 Å². The van der Waals surface area contributed by atoms with E-state index in [0.717, 1.165) is 0 Å². The van der Waals surface area contributed by atoms with Gasteiger partial charge in [0.1, 0.15) is 0 Å². The first-order valence-electron chi connectivity index (χ1n) is 4.15. The average Bonchev–Trinajstić information content (AvgIpc) is 2.54. The summed E-state index contributed by atoms with van der Waals surface area (Å²) in [4.78, 5) is 11.3. The summed E-state index contributed by atoms with van der Waals surface area (Å²) in [5.41, 5.74) is 2.77. The molecular formula is C9H10F3NOS. The van der Waals surface area contributed by atoms with Crippen LogP contribution in [0.4, 0.5) is 13.2 Å². The van der Waals surface area contributed by atoms with Crippen LogP contribution in [0.5, 0.6) is 0 Å². The molecule has 0 bridgehead atoms. The van der Waals surface area contributed by atoms with Crippen molar-refractivity contribution in [1.82, 2.24) is 0 Å². The van der Waals surface area contributed by atoms with Gasteiger partial charge in [-0.15, -0.1) is 0 Å². The molecule has 1 aromatic rings. The van der Waals surface area contributed by atoms with Gasteiger partial charge in [-0.05, 0) is 29.3 Å². The number of ketones is 1. The van der Waals surface area contributed by atoms with E-state index in [9.17, 15) is 18.0 Å². The van der Waals surface area contributed by atoms with Crippen molar-refractivity contribution in [3.63, 3.8) is 0 Å². The van der Waals surface area contributed by atoms with Crippen LogP contribution in [0.15, 0.2) is 16.8 Å². The molecule has 0 aliphatic heterocycles. The number of carbonyl (C=O) groups is 1. The largest absolute Gasteiger partial charge is 0.413 e. The summed E-state index contributed by atoms with van der Waals surface area (Å²) in [6.07, 6.45) is -4.99. The number of Topliss-reactive ketones (excluding diaryl/α,β-unsaturated/α-hetero) is 1. The van der Waals surface area contributed by atoms with Crippen LogP contribution in [0.2, 0.25) is 0 Å². The summed E-state index contributed by atoms with van der Waals surface area (Å²) >= 11 is 1.33. The van der Waals surface area contributed by atoms with Crippen LogP contribution in [-0.2, 0) is 11.2 Å². The molecular weight excluding hydrogens is 227 g/mol. The minimum atomic E-state index is -4.71. The molecule has 0 spiro atoms. The number of hydrogen-bond donors (Lipinski definition) is 1. The third-order valence-electron chi connectivity index (χ3n) is 2.11. The fourth-order valence-corrected chi connectivity index (χ4v) is 1.59. The lowest BCUT2D eigenvalue weighted by Crippen LogP contribution is -2.57. The van der Waals surface area contributed by atoms with Gasteiger partial charge in [0.2, 0.25) is 0 Å². The van der Waals surface area contributed by atoms with Gasteiger partial charge in [0, 0.05) is 6.42 Å². The number of nitrogens with two attached hydrogens (primary N) is 1. The fraction of sp³-hybridized carbons (Fsp3) is 0.444. The summed E-state index contributed by atoms with van der Waals surface area (Å²) in [5, 5.41) is 3.33. The number of thiophene rings is 1. The zero-order chi connectivity index (χ0) is 11.7. The molecule has 0 aliphatic rings. The Bertz CT molecular complexity index is 343. The maximum Gasteiger partial charge on any atom is 0.413 e. The Morgan fingerprint density at radius 3 is 2.53 bits per heavy atom. The summed E-state index contributed by atoms with van der Waals surface area (Å²) in [6, 6.07) is 1.61. The molecule has 1 heterocycles. The van der Waals surface area contributed by atoms with Crippen molar-refractivity contribution in [3.05, 3.63) is 22.4 Å². The van der Waals surface area contributed by atoms with Crippen molar-refractivity contribution >= 4 is 17.1 Å². The lowest BCUT2D eigenvalue weighted by molar-refractivity contribution is -0.185. The van der Waals surface area contributed by atoms with Crippen LogP contribution in [0, 0.1) is 0 Å². The van der Waals surface area contributed by atoms with Gasteiger partial charge in [-0.2, -0.15) is 24.5 Å². The highest BCUT2D eigenvalue weighted by molar-refractivity contribution is 7.08. The average molecular weight is 237 g/mol. The molecule has 84 valence electrons. The minimum absolute atomic E-state index is 0.282. The van der Waals surface area contributed by atoms with E-state index < -0.39 is 17.5 Å². The van der Waals surface area contributed by atoms with E-state index in [0.29, 0.717) is 12.5 Å². The van der Waals surface area contributed by atoms with Crippen LogP contribution in [0.25, 0.3) is 0 Å². The van der Waals surface area contributed by atoms with Crippen LogP contribution in [-0.4, -0.2) is 17.5 Å². The Labute approximate surface area is 88.9 Å². The number of halogens is 3. The molecule has 0 fully saturated rings. The van der Waals surface area contributed by atoms with Crippen molar-refractivity contribution in [2.75, 3.05) is 0 Å². The van der Waals surface area contributed by atoms with Crippen LogP contribution in [0.3, 0.4) is 0 Å². The molecule has 15 heavy (non-hydrogen) atoms. The molecule has 0 amide bonds. The molecule has 0 saturated carbocycles. The minimum Gasteiger partial charge on any atom is -0.312 e. The van der Waals surface area contributed by atoms with Gasteiger partial charge in [0.05, 0.1) is 0 Å². The lowest BCUT2D eigenvalue weighted by atomic mass is 9.93. The Morgan fingerprint density at radius 1 is 1.53 bits per heavy atom. The van der Waals surface area contributed by atoms with Crippen molar-refractivity contribution < 1.29 is 18.0 Å². The molecule has 1 atom stereocenters. The topological polar surface area (TPSA) is 43.1 Å². The van der Waals surface area contributed by atoms with Gasteiger partial charge in [-0.25, -0.2) is 0 Å². The number of carbonyl (C=O) groups excluding carboxylic acids is 1. The summed E-state index contributed by atoms with van der Waals surface area (Å²) in [7, 11) is 0. The van der Waals surface area contributed by atoms with Crippen LogP contribution < -0.4 is 5.73 Å². The van der Waals surface area contributed by atoms with Crippen LogP contribution >= 0.6 is 11.3 Å². The van der Waals surface area contributed by atoms with Gasteiger partial charge in [-0.3, -0.25) is 4.79 Å². The molecule has 6 heteroatoms. The quantitative estimate of drug-likeness (QED) is 0.875. The monoisotopic (exact) mass is 237 g/mol. The van der Waals surface area contributed by atoms with Crippen molar-refractivity contribution in [1.29, 1.82) is 0 Å². The normalized spacial score (nSPS) is 16.1. The molecule has 1 unspecified atom stereocenters. The molecule has 2 nitrogen and oxygen atoms in total. The predicted molar refractivity (Wildman–Crippen MR) is 51.7 cm³/mol. The Hall–Kier alpha value is -0.880. The lowest BCUT2D eigenvalue weighted by Gasteiger charge is -2.25. The highest BCUT2D eigenvalue weighted by Crippen LogP contribution is 2.29. The zero-order valence-electron chi connectivity index (χ0n) is 7.97. The Morgan fingerprint density at radius 2 is 2.13 bits per heavy atom. The van der Waals surface area contributed by atoms with Gasteiger partial charge >= 0.3 is 6.18 Å². The summed E-state index contributed by atoms with van der Waals surface area (Å²) < 4.78 is 37.1. The molecule has 1 aromatic heterocycles. The van der Waals surface area contributed by atoms with E-state index >= 15 is 0 Å². The van der Waals surface area contributed by atoms with E-state index in [1.54, 1.807) is 16.8 Å². The molecule has 0 saturated heterocycles. The first kappa shape index (κ1) is 12.2. The van der Waals surface area contributed by atoms with E-state index in [2.05, 4.69) is 0 Å². The molecule has 2 N–H and O–H groups in total. The van der Waals surface area contributed by atoms with E-state index in [1.165, 1.54) is 11.3 Å². The second kappa shape index (κ2) is 3.94. The third-order valence-corrected chi connectivity index (χ3v) is 2.84. The molecule has 0 aromatic carbocycles. The SMILES string of the molecule is CC(N)(C(=O)Cc1ccsc1)C(F)(F)F. The Balaban J connectivity index is 2.77. The summed E-state index contributed by atoms with van der Waals surface area (Å²) in [6.45, 7) is 0.696. The standard InChI is InChI=1S/C9H10F3NOS/c1-8(13,9(10,11)12)7(14)4-6-2-3-15-5-6/h2-3,5H,4,13H2,1H3. The van der Waals surface area contributed by atoms with Crippen molar-refractivity contribution in [2.24, 2.45) is 5.73 Å². The molecule has 0 radical (unpaired) electrons. The maximum absolute atomic E-state index is 12.4. The Kier molecular flexibility index (Phi) is 3.20. The van der Waals surface area contributed by atoms with E-state index in [1.807, 2.05) is 0 Å². The van der Waals surface area contributed by atoms with Crippen LogP contribution in [0.1, 0.15) is 12.5 Å². The number of rotatable bonds is 3. The zero-order valence-corrected chi connectivity index (χ0v) is 8.78. The maximum atomic E-state index is 12.4. The van der Waals surface area contributed by atoms with E-state index in [4.69, 9.17) is 5.73 Å². The second-order valence-corrected chi connectivity index (χ2v) is 4.21. The first-order valence-corrected chi connectivity index (χ1v) is 5.09. The highest BCUT2D eigenvalue weighted by atomic mass is 32.1.